The normalized spacial score (nSPS) is 18.7. The Morgan fingerprint density at radius 1 is 1.32 bits per heavy atom. The SMILES string of the molecule is O=C1CC(c2ccco2)Cc2nc3ccnn3cc21. The summed E-state index contributed by atoms with van der Waals surface area (Å²) in [5.41, 5.74) is 2.29. The first-order chi connectivity index (χ1) is 9.31. The van der Waals surface area contributed by atoms with Crippen LogP contribution in [-0.2, 0) is 6.42 Å². The number of carbonyl (C=O) groups is 1. The zero-order valence-electron chi connectivity index (χ0n) is 10.1. The van der Waals surface area contributed by atoms with Crippen LogP contribution in [0.25, 0.3) is 5.65 Å². The Labute approximate surface area is 108 Å². The van der Waals surface area contributed by atoms with Crippen molar-refractivity contribution in [2.45, 2.75) is 18.8 Å². The largest absolute Gasteiger partial charge is 0.469 e. The molecule has 0 bridgehead atoms. The maximum absolute atomic E-state index is 12.2. The highest BCUT2D eigenvalue weighted by atomic mass is 16.3. The molecule has 5 heteroatoms. The summed E-state index contributed by atoms with van der Waals surface area (Å²) in [6, 6.07) is 5.60. The average molecular weight is 253 g/mol. The van der Waals surface area contributed by atoms with Crippen LogP contribution in [0.2, 0.25) is 0 Å². The Kier molecular flexibility index (Phi) is 2.09. The summed E-state index contributed by atoms with van der Waals surface area (Å²) in [7, 11) is 0. The molecule has 3 aromatic heterocycles. The van der Waals surface area contributed by atoms with E-state index in [0.29, 0.717) is 12.0 Å². The van der Waals surface area contributed by atoms with E-state index < -0.39 is 0 Å². The minimum absolute atomic E-state index is 0.0906. The van der Waals surface area contributed by atoms with E-state index in [1.54, 1.807) is 23.2 Å². The molecule has 0 saturated heterocycles. The topological polar surface area (TPSA) is 60.4 Å². The number of nitrogens with zero attached hydrogens (tertiary/aromatic N) is 3. The summed E-state index contributed by atoms with van der Waals surface area (Å²) in [6.07, 6.45) is 6.30. The average Bonchev–Trinajstić information content (AvgIpc) is 3.07. The molecule has 0 aromatic carbocycles. The van der Waals surface area contributed by atoms with Crippen LogP contribution in [0, 0.1) is 0 Å². The molecule has 0 aliphatic heterocycles. The van der Waals surface area contributed by atoms with Gasteiger partial charge < -0.3 is 4.42 Å². The summed E-state index contributed by atoms with van der Waals surface area (Å²) >= 11 is 0. The summed E-state index contributed by atoms with van der Waals surface area (Å²) in [6.45, 7) is 0. The number of Topliss-reactive ketones (excluding diaryl/α,β-unsaturated/α-hetero) is 1. The molecule has 0 radical (unpaired) electrons. The number of hydrogen-bond donors (Lipinski definition) is 0. The lowest BCUT2D eigenvalue weighted by Gasteiger charge is -2.21. The quantitative estimate of drug-likeness (QED) is 0.667. The molecule has 19 heavy (non-hydrogen) atoms. The minimum atomic E-state index is 0.0906. The molecule has 0 spiro atoms. The number of carbonyl (C=O) groups excluding carboxylic acids is 1. The van der Waals surface area contributed by atoms with Gasteiger partial charge in [-0.15, -0.1) is 0 Å². The Morgan fingerprint density at radius 2 is 2.26 bits per heavy atom. The molecule has 0 N–H and O–H groups in total. The van der Waals surface area contributed by atoms with Gasteiger partial charge >= 0.3 is 0 Å². The highest BCUT2D eigenvalue weighted by Gasteiger charge is 2.29. The second kappa shape index (κ2) is 3.78. The van der Waals surface area contributed by atoms with Gasteiger partial charge in [0, 0.05) is 31.0 Å². The smallest absolute Gasteiger partial charge is 0.167 e. The van der Waals surface area contributed by atoms with Crippen LogP contribution in [0.4, 0.5) is 0 Å². The van der Waals surface area contributed by atoms with Gasteiger partial charge in [0.1, 0.15) is 5.76 Å². The molecule has 0 saturated carbocycles. The third-order valence-electron chi connectivity index (χ3n) is 3.58. The number of aromatic nitrogens is 3. The fraction of sp³-hybridized carbons (Fsp3) is 0.214. The molecular formula is C14H11N3O2. The van der Waals surface area contributed by atoms with Crippen LogP contribution in [0.1, 0.15) is 34.2 Å². The summed E-state index contributed by atoms with van der Waals surface area (Å²) < 4.78 is 7.05. The van der Waals surface area contributed by atoms with E-state index in [1.807, 2.05) is 18.2 Å². The van der Waals surface area contributed by atoms with E-state index in [2.05, 4.69) is 10.1 Å². The van der Waals surface area contributed by atoms with Crippen LogP contribution in [0.5, 0.6) is 0 Å². The molecule has 94 valence electrons. The Balaban J connectivity index is 1.82. The van der Waals surface area contributed by atoms with Gasteiger partial charge in [0.2, 0.25) is 0 Å². The number of fused-ring (bicyclic) bond motifs is 2. The van der Waals surface area contributed by atoms with Crippen LogP contribution in [0.3, 0.4) is 0 Å². The molecule has 1 aliphatic rings. The van der Waals surface area contributed by atoms with Gasteiger partial charge in [-0.3, -0.25) is 4.79 Å². The van der Waals surface area contributed by atoms with Crippen molar-refractivity contribution in [3.8, 4) is 0 Å². The van der Waals surface area contributed by atoms with Crippen molar-refractivity contribution in [1.82, 2.24) is 14.6 Å². The fourth-order valence-electron chi connectivity index (χ4n) is 2.64. The van der Waals surface area contributed by atoms with Crippen molar-refractivity contribution in [3.05, 3.63) is 53.9 Å². The molecule has 0 amide bonds. The molecule has 3 aromatic rings. The highest BCUT2D eigenvalue weighted by Crippen LogP contribution is 2.32. The zero-order chi connectivity index (χ0) is 12.8. The standard InChI is InChI=1S/C14H11N3O2/c18-12-7-9(13-2-1-5-19-13)6-11-10(12)8-17-14(16-11)3-4-15-17/h1-5,8-9H,6-7H2. The van der Waals surface area contributed by atoms with Crippen molar-refractivity contribution in [3.63, 3.8) is 0 Å². The predicted molar refractivity (Wildman–Crippen MR) is 67.1 cm³/mol. The number of ketones is 1. The van der Waals surface area contributed by atoms with E-state index >= 15 is 0 Å². The summed E-state index contributed by atoms with van der Waals surface area (Å²) in [5.74, 6) is 1.05. The maximum Gasteiger partial charge on any atom is 0.167 e. The maximum atomic E-state index is 12.2. The Hall–Kier alpha value is -2.43. The molecule has 3 heterocycles. The lowest BCUT2D eigenvalue weighted by Crippen LogP contribution is -2.20. The lowest BCUT2D eigenvalue weighted by molar-refractivity contribution is 0.0958. The molecular weight excluding hydrogens is 242 g/mol. The monoisotopic (exact) mass is 253 g/mol. The first kappa shape index (κ1) is 10.5. The van der Waals surface area contributed by atoms with E-state index in [1.165, 1.54) is 0 Å². The van der Waals surface area contributed by atoms with Crippen LogP contribution in [0.15, 0.2) is 41.3 Å². The Bertz CT molecular complexity index is 758. The first-order valence-corrected chi connectivity index (χ1v) is 6.21. The third kappa shape index (κ3) is 1.58. The lowest BCUT2D eigenvalue weighted by atomic mass is 9.85. The Morgan fingerprint density at radius 3 is 3.11 bits per heavy atom. The van der Waals surface area contributed by atoms with Gasteiger partial charge in [-0.2, -0.15) is 5.10 Å². The van der Waals surface area contributed by atoms with Crippen LogP contribution < -0.4 is 0 Å². The fourth-order valence-corrected chi connectivity index (χ4v) is 2.64. The van der Waals surface area contributed by atoms with Gasteiger partial charge in [-0.05, 0) is 12.1 Å². The van der Waals surface area contributed by atoms with Crippen molar-refractivity contribution >= 4 is 11.4 Å². The van der Waals surface area contributed by atoms with Gasteiger partial charge in [0.25, 0.3) is 0 Å². The molecule has 1 unspecified atom stereocenters. The second-order valence-electron chi connectivity index (χ2n) is 4.78. The van der Waals surface area contributed by atoms with Gasteiger partial charge in [0.15, 0.2) is 11.4 Å². The van der Waals surface area contributed by atoms with Crippen LogP contribution in [-0.4, -0.2) is 20.4 Å². The van der Waals surface area contributed by atoms with Gasteiger partial charge in [0.05, 0.1) is 23.7 Å². The third-order valence-corrected chi connectivity index (χ3v) is 3.58. The zero-order valence-corrected chi connectivity index (χ0v) is 10.1. The minimum Gasteiger partial charge on any atom is -0.469 e. The van der Waals surface area contributed by atoms with E-state index in [9.17, 15) is 4.79 Å². The first-order valence-electron chi connectivity index (χ1n) is 6.21. The van der Waals surface area contributed by atoms with Gasteiger partial charge in [-0.1, -0.05) is 0 Å². The molecule has 4 rings (SSSR count). The molecule has 1 atom stereocenters. The van der Waals surface area contributed by atoms with Crippen molar-refractivity contribution in [2.24, 2.45) is 0 Å². The van der Waals surface area contributed by atoms with E-state index in [-0.39, 0.29) is 11.7 Å². The second-order valence-corrected chi connectivity index (χ2v) is 4.78. The number of hydrogen-bond acceptors (Lipinski definition) is 4. The van der Waals surface area contributed by atoms with E-state index in [4.69, 9.17) is 4.42 Å². The summed E-state index contributed by atoms with van der Waals surface area (Å²) in [4.78, 5) is 16.8. The molecule has 0 fully saturated rings. The van der Waals surface area contributed by atoms with Crippen molar-refractivity contribution in [2.75, 3.05) is 0 Å². The number of rotatable bonds is 1. The van der Waals surface area contributed by atoms with Crippen LogP contribution >= 0.6 is 0 Å². The molecule has 5 nitrogen and oxygen atoms in total. The molecule has 1 aliphatic carbocycles. The van der Waals surface area contributed by atoms with Gasteiger partial charge in [-0.25, -0.2) is 9.50 Å². The number of furan rings is 1. The predicted octanol–water partition coefficient (Wildman–Crippen LogP) is 2.24. The summed E-state index contributed by atoms with van der Waals surface area (Å²) in [5, 5.41) is 4.11. The van der Waals surface area contributed by atoms with Crippen molar-refractivity contribution < 1.29 is 9.21 Å². The highest BCUT2D eigenvalue weighted by molar-refractivity contribution is 5.98. The van der Waals surface area contributed by atoms with Crippen molar-refractivity contribution in [1.29, 1.82) is 0 Å². The van der Waals surface area contributed by atoms with E-state index in [0.717, 1.165) is 23.5 Å².